The lowest BCUT2D eigenvalue weighted by Gasteiger charge is -2.56. The summed E-state index contributed by atoms with van der Waals surface area (Å²) in [5.74, 6) is 2.08. The van der Waals surface area contributed by atoms with Gasteiger partial charge in [-0.3, -0.25) is 9.59 Å². The zero-order chi connectivity index (χ0) is 20.9. The standard InChI is InChI=1S/C22H29N3O5/c1-13-5-18(24-30-13)23-19(26)12-29-20(27)17-3-2-4-25(17)21(28)22-9-14-6-15(10-22)8-16(7-14)11-22/h5,14-17H,2-4,6-12H2,1H3,(H,23,24,26)/t14?,15?,16?,17-,22?/m0/s1. The van der Waals surface area contributed by atoms with Crippen LogP contribution in [0.5, 0.6) is 0 Å². The zero-order valence-electron chi connectivity index (χ0n) is 17.4. The second kappa shape index (κ2) is 7.39. The molecule has 4 saturated carbocycles. The van der Waals surface area contributed by atoms with E-state index in [1.807, 2.05) is 0 Å². The van der Waals surface area contributed by atoms with Gasteiger partial charge in [-0.1, -0.05) is 5.16 Å². The molecule has 4 bridgehead atoms. The molecule has 4 aliphatic carbocycles. The molecule has 0 spiro atoms. The van der Waals surface area contributed by atoms with E-state index in [-0.39, 0.29) is 17.1 Å². The summed E-state index contributed by atoms with van der Waals surface area (Å²) in [6, 6.07) is 1.01. The Morgan fingerprint density at radius 3 is 2.47 bits per heavy atom. The summed E-state index contributed by atoms with van der Waals surface area (Å²) in [6.45, 7) is 1.92. The van der Waals surface area contributed by atoms with Crippen LogP contribution in [0.1, 0.15) is 57.1 Å². The number of ether oxygens (including phenoxy) is 1. The Kier molecular flexibility index (Phi) is 4.82. The van der Waals surface area contributed by atoms with E-state index in [0.29, 0.717) is 36.5 Å². The third kappa shape index (κ3) is 3.50. The van der Waals surface area contributed by atoms with E-state index in [4.69, 9.17) is 9.26 Å². The number of nitrogens with zero attached hydrogens (tertiary/aromatic N) is 2. The molecule has 5 aliphatic rings. The van der Waals surface area contributed by atoms with Gasteiger partial charge in [0.1, 0.15) is 11.8 Å². The minimum absolute atomic E-state index is 0.156. The molecule has 1 N–H and O–H groups in total. The first-order valence-electron chi connectivity index (χ1n) is 11.1. The van der Waals surface area contributed by atoms with Gasteiger partial charge in [-0.15, -0.1) is 0 Å². The molecule has 6 rings (SSSR count). The molecule has 0 radical (unpaired) electrons. The van der Waals surface area contributed by atoms with Crippen LogP contribution in [0.15, 0.2) is 10.6 Å². The first-order valence-corrected chi connectivity index (χ1v) is 11.1. The molecule has 1 saturated heterocycles. The van der Waals surface area contributed by atoms with Crippen molar-refractivity contribution in [3.05, 3.63) is 11.8 Å². The maximum absolute atomic E-state index is 13.6. The van der Waals surface area contributed by atoms with Crippen molar-refractivity contribution in [2.24, 2.45) is 23.2 Å². The molecule has 1 aliphatic heterocycles. The van der Waals surface area contributed by atoms with Crippen molar-refractivity contribution in [2.45, 2.75) is 64.3 Å². The predicted octanol–water partition coefficient (Wildman–Crippen LogP) is 2.67. The SMILES string of the molecule is Cc1cc(NC(=O)COC(=O)[C@@H]2CCCN2C(=O)C23CC4CC(CC(C4)C2)C3)no1. The number of carbonyl (C=O) groups is 3. The van der Waals surface area contributed by atoms with Gasteiger partial charge >= 0.3 is 5.97 Å². The number of hydrogen-bond acceptors (Lipinski definition) is 6. The lowest BCUT2D eigenvalue weighted by atomic mass is 9.49. The lowest BCUT2D eigenvalue weighted by Crippen LogP contribution is -2.56. The Morgan fingerprint density at radius 2 is 1.87 bits per heavy atom. The first kappa shape index (κ1) is 19.6. The molecule has 2 heterocycles. The molecule has 30 heavy (non-hydrogen) atoms. The number of amides is 2. The number of esters is 1. The van der Waals surface area contributed by atoms with Gasteiger partial charge in [0.2, 0.25) is 5.91 Å². The number of likely N-dealkylation sites (tertiary alicyclic amines) is 1. The van der Waals surface area contributed by atoms with E-state index in [0.717, 1.165) is 25.7 Å². The second-order valence-corrected chi connectivity index (χ2v) is 9.83. The van der Waals surface area contributed by atoms with Gasteiger partial charge < -0.3 is 19.5 Å². The average molecular weight is 415 g/mol. The summed E-state index contributed by atoms with van der Waals surface area (Å²) >= 11 is 0. The quantitative estimate of drug-likeness (QED) is 0.742. The molecule has 5 fully saturated rings. The highest BCUT2D eigenvalue weighted by molar-refractivity contribution is 5.93. The van der Waals surface area contributed by atoms with Gasteiger partial charge in [0.15, 0.2) is 12.4 Å². The number of rotatable bonds is 5. The molecule has 162 valence electrons. The molecule has 0 unspecified atom stereocenters. The Labute approximate surface area is 175 Å². The van der Waals surface area contributed by atoms with Crippen molar-refractivity contribution in [1.29, 1.82) is 0 Å². The molecule has 1 aromatic rings. The van der Waals surface area contributed by atoms with Crippen LogP contribution < -0.4 is 5.32 Å². The number of aryl methyl sites for hydroxylation is 1. The second-order valence-electron chi connectivity index (χ2n) is 9.83. The van der Waals surface area contributed by atoms with Gasteiger partial charge in [0.05, 0.1) is 5.41 Å². The Morgan fingerprint density at radius 1 is 1.20 bits per heavy atom. The van der Waals surface area contributed by atoms with Crippen LogP contribution in [-0.2, 0) is 19.1 Å². The van der Waals surface area contributed by atoms with E-state index in [9.17, 15) is 14.4 Å². The van der Waals surface area contributed by atoms with Crippen LogP contribution in [0.3, 0.4) is 0 Å². The van der Waals surface area contributed by atoms with E-state index < -0.39 is 24.5 Å². The largest absolute Gasteiger partial charge is 0.454 e. The van der Waals surface area contributed by atoms with Crippen LogP contribution >= 0.6 is 0 Å². The molecular formula is C22H29N3O5. The summed E-state index contributed by atoms with van der Waals surface area (Å²) in [6.07, 6.45) is 8.17. The van der Waals surface area contributed by atoms with Crippen LogP contribution in [0.25, 0.3) is 0 Å². The monoisotopic (exact) mass is 415 g/mol. The van der Waals surface area contributed by atoms with Crippen molar-refractivity contribution in [3.8, 4) is 0 Å². The highest BCUT2D eigenvalue weighted by Gasteiger charge is 2.57. The van der Waals surface area contributed by atoms with Crippen molar-refractivity contribution in [1.82, 2.24) is 10.1 Å². The predicted molar refractivity (Wildman–Crippen MR) is 106 cm³/mol. The molecular weight excluding hydrogens is 386 g/mol. The van der Waals surface area contributed by atoms with Crippen molar-refractivity contribution < 1.29 is 23.6 Å². The van der Waals surface area contributed by atoms with Crippen molar-refractivity contribution >= 4 is 23.6 Å². The summed E-state index contributed by atoms with van der Waals surface area (Å²) in [5.41, 5.74) is -0.264. The smallest absolute Gasteiger partial charge is 0.329 e. The van der Waals surface area contributed by atoms with Crippen molar-refractivity contribution in [2.75, 3.05) is 18.5 Å². The van der Waals surface area contributed by atoms with E-state index in [2.05, 4.69) is 10.5 Å². The van der Waals surface area contributed by atoms with Gasteiger partial charge in [-0.05, 0) is 76.0 Å². The fraction of sp³-hybridized carbons (Fsp3) is 0.727. The number of aromatic nitrogens is 1. The lowest BCUT2D eigenvalue weighted by molar-refractivity contribution is -0.165. The summed E-state index contributed by atoms with van der Waals surface area (Å²) < 4.78 is 10.2. The van der Waals surface area contributed by atoms with E-state index >= 15 is 0 Å². The fourth-order valence-corrected chi connectivity index (χ4v) is 6.77. The summed E-state index contributed by atoms with van der Waals surface area (Å²) in [7, 11) is 0. The van der Waals surface area contributed by atoms with Crippen LogP contribution in [0.2, 0.25) is 0 Å². The van der Waals surface area contributed by atoms with Gasteiger partial charge in [-0.25, -0.2) is 4.79 Å². The number of carbonyl (C=O) groups excluding carboxylic acids is 3. The van der Waals surface area contributed by atoms with Gasteiger partial charge in [0, 0.05) is 12.6 Å². The third-order valence-electron chi connectivity index (χ3n) is 7.52. The Hall–Kier alpha value is -2.38. The molecule has 1 aromatic heterocycles. The maximum atomic E-state index is 13.6. The topological polar surface area (TPSA) is 102 Å². The average Bonchev–Trinajstić information content (AvgIpc) is 3.33. The molecule has 8 nitrogen and oxygen atoms in total. The first-order chi connectivity index (χ1) is 14.4. The minimum Gasteiger partial charge on any atom is -0.454 e. The Balaban J connectivity index is 1.20. The molecule has 1 atom stereocenters. The number of anilines is 1. The van der Waals surface area contributed by atoms with Gasteiger partial charge in [-0.2, -0.15) is 0 Å². The Bertz CT molecular complexity index is 827. The number of nitrogens with one attached hydrogen (secondary N) is 1. The van der Waals surface area contributed by atoms with Crippen LogP contribution in [-0.4, -0.2) is 47.0 Å². The summed E-state index contributed by atoms with van der Waals surface area (Å²) in [5, 5.41) is 6.22. The third-order valence-corrected chi connectivity index (χ3v) is 7.52. The van der Waals surface area contributed by atoms with Crippen LogP contribution in [0, 0.1) is 30.1 Å². The molecule has 2 amide bonds. The molecule has 0 aromatic carbocycles. The van der Waals surface area contributed by atoms with Crippen molar-refractivity contribution in [3.63, 3.8) is 0 Å². The van der Waals surface area contributed by atoms with Crippen LogP contribution in [0.4, 0.5) is 5.82 Å². The zero-order valence-corrected chi connectivity index (χ0v) is 17.4. The molecule has 8 heteroatoms. The van der Waals surface area contributed by atoms with E-state index in [1.54, 1.807) is 17.9 Å². The fourth-order valence-electron chi connectivity index (χ4n) is 6.77. The van der Waals surface area contributed by atoms with Gasteiger partial charge in [0.25, 0.3) is 5.91 Å². The minimum atomic E-state index is -0.576. The maximum Gasteiger partial charge on any atom is 0.329 e. The highest BCUT2D eigenvalue weighted by atomic mass is 16.5. The normalized spacial score (nSPS) is 34.2. The number of hydrogen-bond donors (Lipinski definition) is 1. The highest BCUT2D eigenvalue weighted by Crippen LogP contribution is 2.60. The summed E-state index contributed by atoms with van der Waals surface area (Å²) in [4.78, 5) is 40.1. The van der Waals surface area contributed by atoms with E-state index in [1.165, 1.54) is 19.3 Å².